The molecule has 0 fully saturated rings. The van der Waals surface area contributed by atoms with Crippen LogP contribution in [0.2, 0.25) is 0 Å². The second-order valence-corrected chi connectivity index (χ2v) is 6.06. The van der Waals surface area contributed by atoms with Crippen molar-refractivity contribution in [3.8, 4) is 11.1 Å². The van der Waals surface area contributed by atoms with Gasteiger partial charge in [0.25, 0.3) is 0 Å². The Kier molecular flexibility index (Phi) is 2.81. The number of hydrogen-bond acceptors (Lipinski definition) is 0. The summed E-state index contributed by atoms with van der Waals surface area (Å²) in [5, 5.41) is 7.46. The van der Waals surface area contributed by atoms with E-state index in [-0.39, 0.29) is 0 Å². The summed E-state index contributed by atoms with van der Waals surface area (Å²) in [6.07, 6.45) is 0. The lowest BCUT2D eigenvalue weighted by atomic mass is 9.91. The zero-order valence-corrected chi connectivity index (χ0v) is 13.1. The molecule has 5 rings (SSSR count). The fraction of sp³-hybridized carbons (Fsp3) is 0. The highest BCUT2D eigenvalue weighted by atomic mass is 14.1. The minimum atomic E-state index is 1.13. The molecule has 5 aromatic rings. The minimum absolute atomic E-state index is 1.13. The monoisotopic (exact) mass is 302 g/mol. The molecule has 0 spiro atoms. The summed E-state index contributed by atoms with van der Waals surface area (Å²) < 4.78 is 0. The van der Waals surface area contributed by atoms with Gasteiger partial charge in [-0.3, -0.25) is 0 Å². The molecule has 0 radical (unpaired) electrons. The highest BCUT2D eigenvalue weighted by Crippen LogP contribution is 2.37. The molecule has 0 aromatic heterocycles. The molecule has 0 heteroatoms. The molecule has 0 aliphatic rings. The molecule has 5 aromatic carbocycles. The first-order valence-corrected chi connectivity index (χ1v) is 8.14. The van der Waals surface area contributed by atoms with Gasteiger partial charge in [0.05, 0.1) is 0 Å². The fourth-order valence-corrected chi connectivity index (χ4v) is 3.60. The lowest BCUT2D eigenvalue weighted by molar-refractivity contribution is 1.71. The maximum atomic E-state index is 3.31. The predicted octanol–water partition coefficient (Wildman–Crippen LogP) is 6.41. The quantitative estimate of drug-likeness (QED) is 0.314. The summed E-state index contributed by atoms with van der Waals surface area (Å²) in [6.45, 7) is 0. The Bertz CT molecular complexity index is 1190. The van der Waals surface area contributed by atoms with Crippen molar-refractivity contribution in [2.45, 2.75) is 0 Å². The molecule has 0 N–H and O–H groups in total. The number of benzene rings is 4. The van der Waals surface area contributed by atoms with Gasteiger partial charge in [0.1, 0.15) is 0 Å². The van der Waals surface area contributed by atoms with E-state index in [0.29, 0.717) is 0 Å². The summed E-state index contributed by atoms with van der Waals surface area (Å²) in [7, 11) is 0. The van der Waals surface area contributed by atoms with Crippen LogP contribution >= 0.6 is 0 Å². The van der Waals surface area contributed by atoms with E-state index < -0.39 is 0 Å². The lowest BCUT2D eigenvalue weighted by Crippen LogP contribution is -1.85. The first kappa shape index (κ1) is 13.2. The smallest absolute Gasteiger partial charge is 0.0400 e. The molecule has 24 heavy (non-hydrogen) atoms. The second-order valence-electron chi connectivity index (χ2n) is 6.06. The van der Waals surface area contributed by atoms with E-state index in [1.54, 1.807) is 0 Å². The van der Waals surface area contributed by atoms with Crippen LogP contribution in [0, 0.1) is 12.1 Å². The van der Waals surface area contributed by atoms with Crippen molar-refractivity contribution in [3.63, 3.8) is 0 Å². The average Bonchev–Trinajstić information content (AvgIpc) is 2.67. The molecule has 0 nitrogen and oxygen atoms in total. The molecule has 0 saturated heterocycles. The maximum Gasteiger partial charge on any atom is 0.0400 e. The summed E-state index contributed by atoms with van der Waals surface area (Å²) in [5.41, 5.74) is 2.47. The van der Waals surface area contributed by atoms with E-state index in [9.17, 15) is 0 Å². The van der Waals surface area contributed by atoms with Crippen molar-refractivity contribution in [1.29, 1.82) is 0 Å². The van der Waals surface area contributed by atoms with Gasteiger partial charge in [-0.05, 0) is 56.3 Å². The minimum Gasteiger partial charge on any atom is -0.0695 e. The van der Waals surface area contributed by atoms with Crippen LogP contribution in [0.15, 0.2) is 84.9 Å². The third-order valence-corrected chi connectivity index (χ3v) is 4.70. The van der Waals surface area contributed by atoms with Gasteiger partial charge < -0.3 is 0 Å². The van der Waals surface area contributed by atoms with Crippen molar-refractivity contribution >= 4 is 32.3 Å². The maximum absolute atomic E-state index is 3.31. The van der Waals surface area contributed by atoms with Gasteiger partial charge in [-0.1, -0.05) is 78.9 Å². The number of hydrogen-bond donors (Lipinski definition) is 0. The third-order valence-electron chi connectivity index (χ3n) is 4.70. The number of fused-ring (bicyclic) bond motifs is 4. The average molecular weight is 302 g/mol. The molecular formula is C24H14. The highest BCUT2D eigenvalue weighted by Gasteiger charge is 2.10. The summed E-state index contributed by atoms with van der Waals surface area (Å²) in [6, 6.07) is 36.4. The molecule has 0 aliphatic carbocycles. The topological polar surface area (TPSA) is 0 Å². The van der Waals surface area contributed by atoms with E-state index in [2.05, 4.69) is 91.0 Å². The Hall–Kier alpha value is -3.30. The highest BCUT2D eigenvalue weighted by molar-refractivity contribution is 6.15. The molecule has 110 valence electrons. The van der Waals surface area contributed by atoms with E-state index in [1.165, 1.54) is 38.1 Å². The molecule has 0 unspecified atom stereocenters. The van der Waals surface area contributed by atoms with Gasteiger partial charge in [-0.15, -0.1) is 0 Å². The van der Waals surface area contributed by atoms with E-state index in [4.69, 9.17) is 0 Å². The van der Waals surface area contributed by atoms with Crippen molar-refractivity contribution in [1.82, 2.24) is 0 Å². The first-order valence-electron chi connectivity index (χ1n) is 8.14. The third kappa shape index (κ3) is 1.89. The Balaban J connectivity index is 1.98. The van der Waals surface area contributed by atoms with Crippen molar-refractivity contribution in [2.24, 2.45) is 0 Å². The van der Waals surface area contributed by atoms with E-state index in [1.807, 2.05) is 6.07 Å². The zero-order chi connectivity index (χ0) is 15.9. The molecule has 0 atom stereocenters. The summed E-state index contributed by atoms with van der Waals surface area (Å²) in [5.74, 6) is 0. The van der Waals surface area contributed by atoms with E-state index >= 15 is 0 Å². The SMILES string of the molecule is c1ccc2cccc(-c3cc4ccccc4c4ccccc34)c2c#1. The molecule has 0 saturated carbocycles. The molecule has 0 heterocycles. The molecule has 0 bridgehead atoms. The molecule has 0 amide bonds. The van der Waals surface area contributed by atoms with Gasteiger partial charge >= 0.3 is 0 Å². The van der Waals surface area contributed by atoms with Gasteiger partial charge in [0.15, 0.2) is 0 Å². The fourth-order valence-electron chi connectivity index (χ4n) is 3.60. The summed E-state index contributed by atoms with van der Waals surface area (Å²) in [4.78, 5) is 0. The zero-order valence-electron chi connectivity index (χ0n) is 13.1. The van der Waals surface area contributed by atoms with Crippen LogP contribution in [0.5, 0.6) is 0 Å². The van der Waals surface area contributed by atoms with Crippen LogP contribution in [-0.2, 0) is 0 Å². The summed E-state index contributed by atoms with van der Waals surface area (Å²) >= 11 is 0. The largest absolute Gasteiger partial charge is 0.0695 e. The van der Waals surface area contributed by atoms with Gasteiger partial charge in [0, 0.05) is 5.39 Å². The van der Waals surface area contributed by atoms with Crippen molar-refractivity contribution in [2.75, 3.05) is 0 Å². The Morgan fingerprint density at radius 2 is 1.29 bits per heavy atom. The van der Waals surface area contributed by atoms with Gasteiger partial charge in [0.2, 0.25) is 0 Å². The van der Waals surface area contributed by atoms with Crippen LogP contribution in [0.3, 0.4) is 0 Å². The van der Waals surface area contributed by atoms with Crippen LogP contribution < -0.4 is 0 Å². The van der Waals surface area contributed by atoms with Gasteiger partial charge in [-0.25, -0.2) is 0 Å². The van der Waals surface area contributed by atoms with Crippen LogP contribution in [0.4, 0.5) is 0 Å². The van der Waals surface area contributed by atoms with Crippen molar-refractivity contribution in [3.05, 3.63) is 97.1 Å². The second kappa shape index (κ2) is 5.11. The number of rotatable bonds is 1. The molecular weight excluding hydrogens is 288 g/mol. The Morgan fingerprint density at radius 3 is 2.21 bits per heavy atom. The van der Waals surface area contributed by atoms with Crippen LogP contribution in [0.1, 0.15) is 0 Å². The molecule has 0 aliphatic heterocycles. The van der Waals surface area contributed by atoms with E-state index in [0.717, 1.165) is 5.39 Å². The Labute approximate surface area is 141 Å². The first-order chi connectivity index (χ1) is 11.9. The normalized spacial score (nSPS) is 11.0. The van der Waals surface area contributed by atoms with Crippen LogP contribution in [0.25, 0.3) is 43.4 Å². The van der Waals surface area contributed by atoms with Crippen molar-refractivity contribution < 1.29 is 0 Å². The lowest BCUT2D eigenvalue weighted by Gasteiger charge is -2.12. The standard InChI is InChI=1S/C24H14/c1-3-11-19-17(8-1)10-7-15-22(19)24-16-18-9-2-4-12-20(18)21-13-5-6-14-23(21)24/h1-2,4-10,12-16H. The van der Waals surface area contributed by atoms with Gasteiger partial charge in [-0.2, -0.15) is 0 Å². The predicted molar refractivity (Wildman–Crippen MR) is 102 cm³/mol. The Morgan fingerprint density at radius 1 is 0.542 bits per heavy atom. The van der Waals surface area contributed by atoms with Crippen LogP contribution in [-0.4, -0.2) is 0 Å².